The second-order valence-electron chi connectivity index (χ2n) is 2.14. The molecule has 0 aliphatic heterocycles. The SMILES string of the molecule is CCC(O)Oc1ccnc(Cl)n1. The summed E-state index contributed by atoms with van der Waals surface area (Å²) in [5.41, 5.74) is 0. The average molecular weight is 189 g/mol. The Balaban J connectivity index is 2.63. The van der Waals surface area contributed by atoms with Gasteiger partial charge in [0.2, 0.25) is 11.2 Å². The predicted molar refractivity (Wildman–Crippen MR) is 44.0 cm³/mol. The minimum absolute atomic E-state index is 0.107. The summed E-state index contributed by atoms with van der Waals surface area (Å²) in [6, 6.07) is 1.53. The van der Waals surface area contributed by atoms with E-state index in [2.05, 4.69) is 9.97 Å². The summed E-state index contributed by atoms with van der Waals surface area (Å²) in [4.78, 5) is 7.40. The third-order valence-corrected chi connectivity index (χ3v) is 1.39. The normalized spacial score (nSPS) is 12.6. The lowest BCUT2D eigenvalue weighted by molar-refractivity contribution is -0.0223. The van der Waals surface area contributed by atoms with Gasteiger partial charge in [-0.05, 0) is 11.6 Å². The molecule has 1 aromatic heterocycles. The Labute approximate surface area is 75.2 Å². The fraction of sp³-hybridized carbons (Fsp3) is 0.429. The molecule has 0 radical (unpaired) electrons. The van der Waals surface area contributed by atoms with Gasteiger partial charge in [0.25, 0.3) is 0 Å². The summed E-state index contributed by atoms with van der Waals surface area (Å²) in [6.07, 6.45) is 1.13. The zero-order chi connectivity index (χ0) is 8.97. The van der Waals surface area contributed by atoms with Gasteiger partial charge in [0.15, 0.2) is 6.29 Å². The number of rotatable bonds is 3. The van der Waals surface area contributed by atoms with Crippen molar-refractivity contribution in [3.05, 3.63) is 17.5 Å². The molecule has 1 rings (SSSR count). The second kappa shape index (κ2) is 4.23. The number of ether oxygens (including phenoxy) is 1. The fourth-order valence-electron chi connectivity index (χ4n) is 0.608. The van der Waals surface area contributed by atoms with E-state index in [0.717, 1.165) is 0 Å². The second-order valence-corrected chi connectivity index (χ2v) is 2.48. The quantitative estimate of drug-likeness (QED) is 0.573. The molecule has 1 N–H and O–H groups in total. The summed E-state index contributed by atoms with van der Waals surface area (Å²) in [5, 5.41) is 9.18. The summed E-state index contributed by atoms with van der Waals surface area (Å²) in [6.45, 7) is 1.80. The zero-order valence-corrected chi connectivity index (χ0v) is 7.32. The summed E-state index contributed by atoms with van der Waals surface area (Å²) < 4.78 is 4.96. The van der Waals surface area contributed by atoms with Crippen molar-refractivity contribution in [1.82, 2.24) is 9.97 Å². The number of aromatic nitrogens is 2. The van der Waals surface area contributed by atoms with Crippen LogP contribution in [0, 0.1) is 0 Å². The van der Waals surface area contributed by atoms with E-state index in [4.69, 9.17) is 21.4 Å². The third kappa shape index (κ3) is 2.64. The number of aliphatic hydroxyl groups excluding tert-OH is 1. The molecule has 1 unspecified atom stereocenters. The van der Waals surface area contributed by atoms with Crippen LogP contribution in [0.4, 0.5) is 0 Å². The number of hydrogen-bond donors (Lipinski definition) is 1. The van der Waals surface area contributed by atoms with Gasteiger partial charge >= 0.3 is 0 Å². The molecule has 0 aromatic carbocycles. The van der Waals surface area contributed by atoms with E-state index >= 15 is 0 Å². The van der Waals surface area contributed by atoms with Crippen molar-refractivity contribution in [1.29, 1.82) is 0 Å². The van der Waals surface area contributed by atoms with Crippen molar-refractivity contribution < 1.29 is 9.84 Å². The van der Waals surface area contributed by atoms with Gasteiger partial charge in [-0.2, -0.15) is 4.98 Å². The van der Waals surface area contributed by atoms with Crippen LogP contribution < -0.4 is 4.74 Å². The first kappa shape index (κ1) is 9.22. The number of nitrogens with zero attached hydrogens (tertiary/aromatic N) is 2. The molecule has 1 atom stereocenters. The van der Waals surface area contributed by atoms with Gasteiger partial charge in [-0.15, -0.1) is 0 Å². The van der Waals surface area contributed by atoms with Gasteiger partial charge in [-0.25, -0.2) is 4.98 Å². The van der Waals surface area contributed by atoms with E-state index in [0.29, 0.717) is 6.42 Å². The Morgan fingerprint density at radius 3 is 3.08 bits per heavy atom. The fourth-order valence-corrected chi connectivity index (χ4v) is 0.748. The Hall–Kier alpha value is -0.870. The summed E-state index contributed by atoms with van der Waals surface area (Å²) in [7, 11) is 0. The highest BCUT2D eigenvalue weighted by Crippen LogP contribution is 2.10. The van der Waals surface area contributed by atoms with Crippen LogP contribution in [0.3, 0.4) is 0 Å². The molecule has 5 heteroatoms. The van der Waals surface area contributed by atoms with Gasteiger partial charge in [0, 0.05) is 18.7 Å². The number of hydrogen-bond acceptors (Lipinski definition) is 4. The first-order chi connectivity index (χ1) is 5.72. The van der Waals surface area contributed by atoms with Crippen molar-refractivity contribution >= 4 is 11.6 Å². The van der Waals surface area contributed by atoms with E-state index in [1.807, 2.05) is 0 Å². The summed E-state index contributed by atoms with van der Waals surface area (Å²) in [5.74, 6) is 0.282. The van der Waals surface area contributed by atoms with Crippen LogP contribution in [0.25, 0.3) is 0 Å². The van der Waals surface area contributed by atoms with Crippen LogP contribution in [0.2, 0.25) is 5.28 Å². The van der Waals surface area contributed by atoms with E-state index < -0.39 is 6.29 Å². The molecular formula is C7H9ClN2O2. The lowest BCUT2D eigenvalue weighted by atomic mass is 10.5. The first-order valence-electron chi connectivity index (χ1n) is 3.55. The number of halogens is 1. The Morgan fingerprint density at radius 1 is 1.75 bits per heavy atom. The van der Waals surface area contributed by atoms with Crippen LogP contribution in [0.5, 0.6) is 5.88 Å². The highest BCUT2D eigenvalue weighted by atomic mass is 35.5. The molecule has 0 amide bonds. The van der Waals surface area contributed by atoms with Crippen LogP contribution in [-0.4, -0.2) is 21.4 Å². The molecule has 4 nitrogen and oxygen atoms in total. The van der Waals surface area contributed by atoms with E-state index in [1.165, 1.54) is 12.3 Å². The average Bonchev–Trinajstić information content (AvgIpc) is 2.04. The first-order valence-corrected chi connectivity index (χ1v) is 3.93. The van der Waals surface area contributed by atoms with Crippen molar-refractivity contribution in [2.75, 3.05) is 0 Å². The highest BCUT2D eigenvalue weighted by molar-refractivity contribution is 6.28. The molecule has 0 aliphatic carbocycles. The molecule has 0 spiro atoms. The van der Waals surface area contributed by atoms with Crippen molar-refractivity contribution in [3.63, 3.8) is 0 Å². The molecule has 1 heterocycles. The van der Waals surface area contributed by atoms with Crippen LogP contribution in [-0.2, 0) is 0 Å². The van der Waals surface area contributed by atoms with Crippen molar-refractivity contribution in [2.45, 2.75) is 19.6 Å². The smallest absolute Gasteiger partial charge is 0.225 e. The van der Waals surface area contributed by atoms with E-state index in [9.17, 15) is 0 Å². The van der Waals surface area contributed by atoms with Crippen molar-refractivity contribution in [2.24, 2.45) is 0 Å². The topological polar surface area (TPSA) is 55.2 Å². The highest BCUT2D eigenvalue weighted by Gasteiger charge is 2.03. The van der Waals surface area contributed by atoms with E-state index in [-0.39, 0.29) is 11.2 Å². The molecule has 1 aromatic rings. The number of aliphatic hydroxyl groups is 1. The van der Waals surface area contributed by atoms with Gasteiger partial charge in [0.1, 0.15) is 0 Å². The largest absolute Gasteiger partial charge is 0.448 e. The lowest BCUT2D eigenvalue weighted by Gasteiger charge is -2.09. The van der Waals surface area contributed by atoms with Gasteiger partial charge < -0.3 is 9.84 Å². The van der Waals surface area contributed by atoms with Crippen molar-refractivity contribution in [3.8, 4) is 5.88 Å². The molecule has 0 bridgehead atoms. The molecule has 12 heavy (non-hydrogen) atoms. The lowest BCUT2D eigenvalue weighted by Crippen LogP contribution is -2.14. The van der Waals surface area contributed by atoms with Gasteiger partial charge in [-0.3, -0.25) is 0 Å². The minimum atomic E-state index is -0.837. The maximum Gasteiger partial charge on any atom is 0.225 e. The van der Waals surface area contributed by atoms with Gasteiger partial charge in [-0.1, -0.05) is 6.92 Å². The van der Waals surface area contributed by atoms with Gasteiger partial charge in [0.05, 0.1) is 0 Å². The Morgan fingerprint density at radius 2 is 2.50 bits per heavy atom. The zero-order valence-electron chi connectivity index (χ0n) is 6.57. The maximum absolute atomic E-state index is 9.08. The summed E-state index contributed by atoms with van der Waals surface area (Å²) >= 11 is 5.49. The standard InChI is InChI=1S/C7H9ClN2O2/c1-2-6(11)12-5-3-4-9-7(8)10-5/h3-4,6,11H,2H2,1H3. The van der Waals surface area contributed by atoms with E-state index in [1.54, 1.807) is 6.92 Å². The molecule has 0 saturated carbocycles. The molecule has 0 saturated heterocycles. The monoisotopic (exact) mass is 188 g/mol. The van der Waals surface area contributed by atoms with Crippen LogP contribution in [0.15, 0.2) is 12.3 Å². The third-order valence-electron chi connectivity index (χ3n) is 1.21. The molecule has 0 aliphatic rings. The maximum atomic E-state index is 9.08. The van der Waals surface area contributed by atoms with Crippen LogP contribution >= 0.6 is 11.6 Å². The Bertz CT molecular complexity index is 257. The molecule has 0 fully saturated rings. The van der Waals surface area contributed by atoms with Crippen LogP contribution in [0.1, 0.15) is 13.3 Å². The predicted octanol–water partition coefficient (Wildman–Crippen LogP) is 1.24. The molecular weight excluding hydrogens is 180 g/mol. The minimum Gasteiger partial charge on any atom is -0.448 e. The molecule has 66 valence electrons. The Kier molecular flexibility index (Phi) is 3.25.